The van der Waals surface area contributed by atoms with Crippen LogP contribution in [0.25, 0.3) is 10.8 Å². The van der Waals surface area contributed by atoms with Gasteiger partial charge in [0.15, 0.2) is 0 Å². The van der Waals surface area contributed by atoms with Gasteiger partial charge >= 0.3 is 6.03 Å². The average molecular weight is 272 g/mol. The Kier molecular flexibility index (Phi) is 4.58. The highest BCUT2D eigenvalue weighted by molar-refractivity contribution is 5.86. The number of carbonyl (C=O) groups is 1. The molecule has 2 aromatic carbocycles. The van der Waals surface area contributed by atoms with E-state index in [0.29, 0.717) is 6.54 Å². The smallest absolute Gasteiger partial charge is 0.317 e. The van der Waals surface area contributed by atoms with Gasteiger partial charge in [-0.1, -0.05) is 42.5 Å². The second kappa shape index (κ2) is 6.39. The van der Waals surface area contributed by atoms with Gasteiger partial charge in [-0.3, -0.25) is 0 Å². The molecule has 0 aliphatic heterocycles. The number of nitrogens with one attached hydrogen (secondary N) is 1. The van der Waals surface area contributed by atoms with Crippen LogP contribution in [-0.4, -0.2) is 36.2 Å². The molecule has 0 saturated heterocycles. The Labute approximate surface area is 119 Å². The first-order valence-corrected chi connectivity index (χ1v) is 6.73. The number of hydrogen-bond acceptors (Lipinski definition) is 2. The summed E-state index contributed by atoms with van der Waals surface area (Å²) in [6, 6.07) is 13.9. The van der Waals surface area contributed by atoms with Crippen LogP contribution in [0.4, 0.5) is 4.79 Å². The van der Waals surface area contributed by atoms with Gasteiger partial charge in [0.25, 0.3) is 0 Å². The van der Waals surface area contributed by atoms with E-state index >= 15 is 0 Å². The molecule has 2 N–H and O–H groups in total. The van der Waals surface area contributed by atoms with E-state index in [1.165, 1.54) is 4.90 Å². The summed E-state index contributed by atoms with van der Waals surface area (Å²) >= 11 is 0. The summed E-state index contributed by atoms with van der Waals surface area (Å²) < 4.78 is 0. The predicted octanol–water partition coefficient (Wildman–Crippen LogP) is 2.53. The third-order valence-corrected chi connectivity index (χ3v) is 3.41. The molecule has 0 bridgehead atoms. The topological polar surface area (TPSA) is 52.6 Å². The summed E-state index contributed by atoms with van der Waals surface area (Å²) in [7, 11) is 1.67. The minimum atomic E-state index is -0.181. The summed E-state index contributed by atoms with van der Waals surface area (Å²) in [5.41, 5.74) is 1.09. The normalized spacial score (nSPS) is 12.2. The van der Waals surface area contributed by atoms with Gasteiger partial charge in [-0.05, 0) is 23.3 Å². The number of aliphatic hydroxyl groups is 1. The number of rotatable bonds is 4. The van der Waals surface area contributed by atoms with Gasteiger partial charge in [0.1, 0.15) is 0 Å². The summed E-state index contributed by atoms with van der Waals surface area (Å²) in [6.45, 7) is 2.26. The molecule has 1 unspecified atom stereocenters. The van der Waals surface area contributed by atoms with E-state index in [-0.39, 0.29) is 18.7 Å². The van der Waals surface area contributed by atoms with E-state index < -0.39 is 0 Å². The fraction of sp³-hybridized carbons (Fsp3) is 0.312. The first-order valence-electron chi connectivity index (χ1n) is 6.73. The number of likely N-dealkylation sites (N-methyl/N-ethyl adjacent to an activating group) is 1. The molecule has 0 fully saturated rings. The number of amides is 2. The molecule has 0 spiro atoms. The fourth-order valence-electron chi connectivity index (χ4n) is 2.25. The lowest BCUT2D eigenvalue weighted by Gasteiger charge is -2.21. The molecular formula is C16H20N2O2. The van der Waals surface area contributed by atoms with Crippen molar-refractivity contribution in [2.75, 3.05) is 20.2 Å². The maximum absolute atomic E-state index is 12.0. The average Bonchev–Trinajstić information content (AvgIpc) is 2.46. The summed E-state index contributed by atoms with van der Waals surface area (Å²) in [4.78, 5) is 13.4. The van der Waals surface area contributed by atoms with Gasteiger partial charge in [0.2, 0.25) is 0 Å². The number of fused-ring (bicyclic) bond motifs is 1. The van der Waals surface area contributed by atoms with Gasteiger partial charge in [-0.2, -0.15) is 0 Å². The molecule has 4 heteroatoms. The van der Waals surface area contributed by atoms with Crippen LogP contribution < -0.4 is 5.32 Å². The van der Waals surface area contributed by atoms with E-state index in [0.717, 1.165) is 16.3 Å². The van der Waals surface area contributed by atoms with Gasteiger partial charge in [-0.15, -0.1) is 0 Å². The number of aliphatic hydroxyl groups excluding tert-OH is 1. The second-order valence-electron chi connectivity index (χ2n) is 4.88. The number of carbonyl (C=O) groups excluding carboxylic acids is 1. The summed E-state index contributed by atoms with van der Waals surface area (Å²) in [5.74, 6) is 0. The lowest BCUT2D eigenvalue weighted by Crippen LogP contribution is -2.39. The van der Waals surface area contributed by atoms with Crippen molar-refractivity contribution in [3.05, 3.63) is 48.0 Å². The Morgan fingerprint density at radius 3 is 2.70 bits per heavy atom. The standard InChI is InChI=1S/C16H20N2O2/c1-12(17-16(20)18(2)10-11-19)14-9-5-7-13-6-3-4-8-15(13)14/h3-9,12,19H,10-11H2,1-2H3,(H,17,20). The Bertz CT molecular complexity index is 593. The van der Waals surface area contributed by atoms with Crippen molar-refractivity contribution in [2.24, 2.45) is 0 Å². The van der Waals surface area contributed by atoms with Gasteiger partial charge in [-0.25, -0.2) is 4.79 Å². The van der Waals surface area contributed by atoms with E-state index in [1.807, 2.05) is 31.2 Å². The van der Waals surface area contributed by atoms with Gasteiger partial charge in [0.05, 0.1) is 12.6 Å². The van der Waals surface area contributed by atoms with Crippen LogP contribution in [0.1, 0.15) is 18.5 Å². The van der Waals surface area contributed by atoms with Crippen LogP contribution in [0.15, 0.2) is 42.5 Å². The number of nitrogens with zero attached hydrogens (tertiary/aromatic N) is 1. The minimum absolute atomic E-state index is 0.0352. The maximum Gasteiger partial charge on any atom is 0.317 e. The first-order chi connectivity index (χ1) is 9.63. The Morgan fingerprint density at radius 1 is 1.25 bits per heavy atom. The summed E-state index contributed by atoms with van der Waals surface area (Å²) in [5, 5.41) is 14.1. The lowest BCUT2D eigenvalue weighted by molar-refractivity contribution is 0.188. The monoisotopic (exact) mass is 272 g/mol. The summed E-state index contributed by atoms with van der Waals surface area (Å²) in [6.07, 6.45) is 0. The van der Waals surface area contributed by atoms with E-state index in [2.05, 4.69) is 23.5 Å². The van der Waals surface area contributed by atoms with Crippen molar-refractivity contribution in [2.45, 2.75) is 13.0 Å². The molecule has 2 amide bonds. The Balaban J connectivity index is 2.19. The molecule has 20 heavy (non-hydrogen) atoms. The minimum Gasteiger partial charge on any atom is -0.395 e. The van der Waals surface area contributed by atoms with Crippen LogP contribution in [0.5, 0.6) is 0 Å². The predicted molar refractivity (Wildman–Crippen MR) is 80.6 cm³/mol. The van der Waals surface area contributed by atoms with Crippen molar-refractivity contribution in [3.63, 3.8) is 0 Å². The zero-order chi connectivity index (χ0) is 14.5. The van der Waals surface area contributed by atoms with Crippen LogP contribution in [0.3, 0.4) is 0 Å². The highest BCUT2D eigenvalue weighted by Crippen LogP contribution is 2.24. The molecule has 0 aliphatic carbocycles. The van der Waals surface area contributed by atoms with Crippen molar-refractivity contribution >= 4 is 16.8 Å². The fourth-order valence-corrected chi connectivity index (χ4v) is 2.25. The molecule has 2 rings (SSSR count). The van der Waals surface area contributed by atoms with Crippen molar-refractivity contribution in [1.29, 1.82) is 0 Å². The molecule has 4 nitrogen and oxygen atoms in total. The molecule has 0 saturated carbocycles. The van der Waals surface area contributed by atoms with Crippen molar-refractivity contribution < 1.29 is 9.90 Å². The van der Waals surface area contributed by atoms with E-state index in [9.17, 15) is 4.79 Å². The van der Waals surface area contributed by atoms with Gasteiger partial charge < -0.3 is 15.3 Å². The van der Waals surface area contributed by atoms with Crippen LogP contribution in [0.2, 0.25) is 0 Å². The number of hydrogen-bond donors (Lipinski definition) is 2. The molecule has 2 aromatic rings. The first kappa shape index (κ1) is 14.3. The van der Waals surface area contributed by atoms with E-state index in [4.69, 9.17) is 5.11 Å². The van der Waals surface area contributed by atoms with Gasteiger partial charge in [0, 0.05) is 13.6 Å². The molecular weight excluding hydrogens is 252 g/mol. The zero-order valence-electron chi connectivity index (χ0n) is 11.8. The zero-order valence-corrected chi connectivity index (χ0v) is 11.8. The van der Waals surface area contributed by atoms with E-state index in [1.54, 1.807) is 7.05 Å². The third-order valence-electron chi connectivity index (χ3n) is 3.41. The maximum atomic E-state index is 12.0. The molecule has 0 heterocycles. The molecule has 106 valence electrons. The quantitative estimate of drug-likeness (QED) is 0.898. The number of urea groups is 1. The lowest BCUT2D eigenvalue weighted by atomic mass is 10.00. The Hall–Kier alpha value is -2.07. The molecule has 0 aliphatic rings. The number of benzene rings is 2. The third kappa shape index (κ3) is 3.08. The largest absolute Gasteiger partial charge is 0.395 e. The Morgan fingerprint density at radius 2 is 1.95 bits per heavy atom. The second-order valence-corrected chi connectivity index (χ2v) is 4.88. The molecule has 0 aromatic heterocycles. The molecule has 1 atom stereocenters. The van der Waals surface area contributed by atoms with Crippen molar-refractivity contribution in [3.8, 4) is 0 Å². The van der Waals surface area contributed by atoms with Crippen LogP contribution in [-0.2, 0) is 0 Å². The molecule has 0 radical (unpaired) electrons. The highest BCUT2D eigenvalue weighted by Gasteiger charge is 2.14. The van der Waals surface area contributed by atoms with Crippen LogP contribution in [0, 0.1) is 0 Å². The highest BCUT2D eigenvalue weighted by atomic mass is 16.3. The van der Waals surface area contributed by atoms with Crippen LogP contribution >= 0.6 is 0 Å². The SMILES string of the molecule is CC(NC(=O)N(C)CCO)c1cccc2ccccc12. The van der Waals surface area contributed by atoms with Crippen molar-refractivity contribution in [1.82, 2.24) is 10.2 Å².